The highest BCUT2D eigenvalue weighted by atomic mass is 79.9. The van der Waals surface area contributed by atoms with E-state index >= 15 is 0 Å². The van der Waals surface area contributed by atoms with Crippen molar-refractivity contribution >= 4 is 39.2 Å². The molecule has 0 bridgehead atoms. The summed E-state index contributed by atoms with van der Waals surface area (Å²) in [6.45, 7) is 1.27. The van der Waals surface area contributed by atoms with Crippen LogP contribution in [0.1, 0.15) is 6.42 Å². The van der Waals surface area contributed by atoms with E-state index < -0.39 is 11.8 Å². The molecule has 9 heteroatoms. The van der Waals surface area contributed by atoms with Crippen molar-refractivity contribution < 1.29 is 23.5 Å². The van der Waals surface area contributed by atoms with Crippen molar-refractivity contribution in [2.45, 2.75) is 12.5 Å². The van der Waals surface area contributed by atoms with E-state index in [1.807, 2.05) is 0 Å². The minimum Gasteiger partial charge on any atom is -0.486 e. The van der Waals surface area contributed by atoms with Crippen molar-refractivity contribution in [1.29, 1.82) is 0 Å². The van der Waals surface area contributed by atoms with E-state index in [0.29, 0.717) is 41.4 Å². The number of carbonyl (C=O) groups excluding carboxylic acids is 2. The first kappa shape index (κ1) is 18.5. The van der Waals surface area contributed by atoms with Crippen LogP contribution in [0.4, 0.5) is 20.6 Å². The van der Waals surface area contributed by atoms with Crippen LogP contribution in [-0.2, 0) is 4.79 Å². The van der Waals surface area contributed by atoms with Crippen LogP contribution in [0.5, 0.6) is 11.5 Å². The fraction of sp³-hybridized carbons (Fsp3) is 0.263. The number of anilines is 2. The van der Waals surface area contributed by atoms with E-state index in [1.54, 1.807) is 29.2 Å². The maximum Gasteiger partial charge on any atom is 0.319 e. The van der Waals surface area contributed by atoms with Crippen molar-refractivity contribution in [1.82, 2.24) is 5.32 Å². The summed E-state index contributed by atoms with van der Waals surface area (Å²) in [4.78, 5) is 26.2. The van der Waals surface area contributed by atoms with Crippen LogP contribution in [0.15, 0.2) is 40.9 Å². The molecule has 0 aliphatic carbocycles. The van der Waals surface area contributed by atoms with Crippen molar-refractivity contribution in [2.24, 2.45) is 0 Å². The number of nitrogens with zero attached hydrogens (tertiary/aromatic N) is 1. The van der Waals surface area contributed by atoms with E-state index in [9.17, 15) is 14.0 Å². The number of ether oxygens (including phenoxy) is 2. The van der Waals surface area contributed by atoms with Gasteiger partial charge >= 0.3 is 6.03 Å². The van der Waals surface area contributed by atoms with E-state index in [4.69, 9.17) is 9.47 Å². The molecule has 2 heterocycles. The molecule has 2 aromatic carbocycles. The number of nitrogens with one attached hydrogen (secondary N) is 2. The first-order chi connectivity index (χ1) is 13.5. The highest BCUT2D eigenvalue weighted by molar-refractivity contribution is 9.10. The van der Waals surface area contributed by atoms with Gasteiger partial charge in [0.15, 0.2) is 11.5 Å². The molecular formula is C19H17BrFN3O4. The van der Waals surface area contributed by atoms with Crippen LogP contribution in [0.2, 0.25) is 0 Å². The highest BCUT2D eigenvalue weighted by Crippen LogP contribution is 2.35. The molecule has 0 spiro atoms. The second-order valence-corrected chi connectivity index (χ2v) is 7.37. The molecule has 2 N–H and O–H groups in total. The van der Waals surface area contributed by atoms with Gasteiger partial charge in [0, 0.05) is 29.2 Å². The molecule has 0 radical (unpaired) electrons. The predicted molar refractivity (Wildman–Crippen MR) is 104 cm³/mol. The molecule has 7 nitrogen and oxygen atoms in total. The number of carbonyl (C=O) groups is 2. The van der Waals surface area contributed by atoms with Crippen LogP contribution in [0.3, 0.4) is 0 Å². The molecule has 0 saturated carbocycles. The van der Waals surface area contributed by atoms with Gasteiger partial charge in [-0.25, -0.2) is 9.18 Å². The lowest BCUT2D eigenvalue weighted by atomic mass is 10.2. The fourth-order valence-corrected chi connectivity index (χ4v) is 3.52. The molecule has 0 unspecified atom stereocenters. The lowest BCUT2D eigenvalue weighted by Gasteiger charge is -2.22. The molecule has 2 aliphatic heterocycles. The zero-order chi connectivity index (χ0) is 19.7. The van der Waals surface area contributed by atoms with E-state index in [0.717, 1.165) is 0 Å². The molecule has 1 fully saturated rings. The Hall–Kier alpha value is -2.81. The predicted octanol–water partition coefficient (Wildman–Crippen LogP) is 3.29. The Morgan fingerprint density at radius 3 is 2.71 bits per heavy atom. The minimum atomic E-state index is -0.567. The Balaban J connectivity index is 1.40. The monoisotopic (exact) mass is 449 g/mol. The van der Waals surface area contributed by atoms with Crippen LogP contribution in [0, 0.1) is 5.82 Å². The number of rotatable bonds is 3. The second kappa shape index (κ2) is 7.67. The minimum absolute atomic E-state index is 0.0636. The summed E-state index contributed by atoms with van der Waals surface area (Å²) in [7, 11) is 0. The van der Waals surface area contributed by atoms with Gasteiger partial charge in [0.25, 0.3) is 0 Å². The van der Waals surface area contributed by atoms with E-state index in [1.165, 1.54) is 12.1 Å². The molecule has 1 saturated heterocycles. The Kier molecular flexibility index (Phi) is 5.08. The summed E-state index contributed by atoms with van der Waals surface area (Å²) in [5.74, 6) is 0.574. The molecule has 0 aromatic heterocycles. The molecule has 2 aromatic rings. The summed E-state index contributed by atoms with van der Waals surface area (Å²) < 4.78 is 25.5. The first-order valence-electron chi connectivity index (χ1n) is 8.72. The number of urea groups is 1. The van der Waals surface area contributed by atoms with Crippen molar-refractivity contribution in [3.05, 3.63) is 46.7 Å². The normalized spacial score (nSPS) is 18.1. The molecule has 2 aliphatic rings. The number of benzene rings is 2. The molecule has 28 heavy (non-hydrogen) atoms. The van der Waals surface area contributed by atoms with Gasteiger partial charge in [-0.3, -0.25) is 4.79 Å². The average Bonchev–Trinajstić information content (AvgIpc) is 3.03. The standard InChI is InChI=1S/C19H17BrFN3O4/c20-11-1-3-15(14(21)7-11)23-19(26)22-12-8-18(25)24(10-12)13-2-4-16-17(9-13)28-6-5-27-16/h1-4,7,9,12H,5-6,8,10H2,(H2,22,23,26)/t12-/m0/s1. The third kappa shape index (κ3) is 3.89. The Morgan fingerprint density at radius 1 is 1.14 bits per heavy atom. The zero-order valence-corrected chi connectivity index (χ0v) is 16.3. The molecule has 1 atom stereocenters. The summed E-state index contributed by atoms with van der Waals surface area (Å²) >= 11 is 3.16. The Labute approximate surface area is 168 Å². The van der Waals surface area contributed by atoms with Gasteiger partial charge in [0.2, 0.25) is 5.91 Å². The second-order valence-electron chi connectivity index (χ2n) is 6.46. The van der Waals surface area contributed by atoms with Gasteiger partial charge in [0.05, 0.1) is 11.7 Å². The fourth-order valence-electron chi connectivity index (χ4n) is 3.19. The summed E-state index contributed by atoms with van der Waals surface area (Å²) in [5, 5.41) is 5.18. The summed E-state index contributed by atoms with van der Waals surface area (Å²) in [6.07, 6.45) is 0.157. The summed E-state index contributed by atoms with van der Waals surface area (Å²) in [5.41, 5.74) is 0.742. The van der Waals surface area contributed by atoms with Gasteiger partial charge in [-0.15, -0.1) is 0 Å². The third-order valence-corrected chi connectivity index (χ3v) is 4.97. The van der Waals surface area contributed by atoms with E-state index in [2.05, 4.69) is 26.6 Å². The molecular weight excluding hydrogens is 433 g/mol. The van der Waals surface area contributed by atoms with Crippen LogP contribution in [0.25, 0.3) is 0 Å². The van der Waals surface area contributed by atoms with Gasteiger partial charge in [-0.1, -0.05) is 15.9 Å². The van der Waals surface area contributed by atoms with Crippen molar-refractivity contribution in [3.63, 3.8) is 0 Å². The Bertz CT molecular complexity index is 939. The van der Waals surface area contributed by atoms with Crippen LogP contribution in [-0.4, -0.2) is 37.7 Å². The van der Waals surface area contributed by atoms with Crippen LogP contribution >= 0.6 is 15.9 Å². The topological polar surface area (TPSA) is 79.9 Å². The quantitative estimate of drug-likeness (QED) is 0.753. The van der Waals surface area contributed by atoms with E-state index in [-0.39, 0.29) is 24.1 Å². The maximum absolute atomic E-state index is 13.9. The largest absolute Gasteiger partial charge is 0.486 e. The number of amides is 3. The average molecular weight is 450 g/mol. The van der Waals surface area contributed by atoms with Crippen LogP contribution < -0.4 is 25.0 Å². The number of fused-ring (bicyclic) bond motifs is 1. The van der Waals surface area contributed by atoms with Gasteiger partial charge in [-0.05, 0) is 30.3 Å². The number of hydrogen-bond donors (Lipinski definition) is 2. The maximum atomic E-state index is 13.9. The van der Waals surface area contributed by atoms with Gasteiger partial charge in [0.1, 0.15) is 19.0 Å². The summed E-state index contributed by atoms with van der Waals surface area (Å²) in [6, 6.07) is 8.69. The highest BCUT2D eigenvalue weighted by Gasteiger charge is 2.32. The molecule has 146 valence electrons. The number of halogens is 2. The molecule has 3 amide bonds. The lowest BCUT2D eigenvalue weighted by Crippen LogP contribution is -2.39. The molecule has 4 rings (SSSR count). The van der Waals surface area contributed by atoms with Gasteiger partial charge in [-0.2, -0.15) is 0 Å². The number of hydrogen-bond acceptors (Lipinski definition) is 4. The lowest BCUT2D eigenvalue weighted by molar-refractivity contribution is -0.117. The van der Waals surface area contributed by atoms with Crippen molar-refractivity contribution in [2.75, 3.05) is 30.0 Å². The van der Waals surface area contributed by atoms with Crippen molar-refractivity contribution in [3.8, 4) is 11.5 Å². The third-order valence-electron chi connectivity index (χ3n) is 4.48. The first-order valence-corrected chi connectivity index (χ1v) is 9.51. The SMILES string of the molecule is O=C(Nc1ccc(Br)cc1F)N[C@H]1CC(=O)N(c2ccc3c(c2)OCCO3)C1. The zero-order valence-electron chi connectivity index (χ0n) is 14.7. The van der Waals surface area contributed by atoms with Gasteiger partial charge < -0.3 is 25.0 Å². The smallest absolute Gasteiger partial charge is 0.319 e. The Morgan fingerprint density at radius 2 is 1.93 bits per heavy atom.